The Balaban J connectivity index is 1.44. The molecule has 6 heteroatoms. The number of aryl methyl sites for hydroxylation is 2. The zero-order valence-corrected chi connectivity index (χ0v) is 14.2. The lowest BCUT2D eigenvalue weighted by atomic mass is 9.97. The molecule has 1 N–H and O–H groups in total. The van der Waals surface area contributed by atoms with Crippen molar-refractivity contribution in [2.24, 2.45) is 5.92 Å². The van der Waals surface area contributed by atoms with Crippen LogP contribution in [0.4, 0.5) is 5.82 Å². The first kappa shape index (κ1) is 16.5. The Morgan fingerprint density at radius 3 is 2.75 bits per heavy atom. The van der Waals surface area contributed by atoms with Crippen molar-refractivity contribution < 1.29 is 4.42 Å². The number of pyridine rings is 1. The van der Waals surface area contributed by atoms with Gasteiger partial charge in [0.15, 0.2) is 0 Å². The highest BCUT2D eigenvalue weighted by Gasteiger charge is 2.20. The fourth-order valence-corrected chi connectivity index (χ4v) is 2.99. The van der Waals surface area contributed by atoms with Crippen molar-refractivity contribution in [1.29, 1.82) is 5.26 Å². The van der Waals surface area contributed by atoms with E-state index in [1.165, 1.54) is 0 Å². The molecule has 0 spiro atoms. The van der Waals surface area contributed by atoms with Gasteiger partial charge in [-0.25, -0.2) is 9.97 Å². The van der Waals surface area contributed by atoms with Crippen molar-refractivity contribution in [2.45, 2.75) is 33.2 Å². The van der Waals surface area contributed by atoms with Gasteiger partial charge in [0.05, 0.1) is 12.2 Å². The molecule has 1 saturated heterocycles. The van der Waals surface area contributed by atoms with Crippen LogP contribution in [0.3, 0.4) is 0 Å². The van der Waals surface area contributed by atoms with Crippen molar-refractivity contribution in [3.63, 3.8) is 0 Å². The van der Waals surface area contributed by atoms with Gasteiger partial charge < -0.3 is 9.73 Å². The molecule has 3 heterocycles. The van der Waals surface area contributed by atoms with Crippen LogP contribution in [0.15, 0.2) is 22.6 Å². The molecule has 24 heavy (non-hydrogen) atoms. The fourth-order valence-electron chi connectivity index (χ4n) is 2.99. The first-order valence-electron chi connectivity index (χ1n) is 8.40. The number of oxazole rings is 1. The van der Waals surface area contributed by atoms with Crippen LogP contribution in [0, 0.1) is 31.1 Å². The minimum absolute atomic E-state index is 0.450. The first-order chi connectivity index (χ1) is 11.6. The van der Waals surface area contributed by atoms with Crippen LogP contribution < -0.4 is 5.32 Å². The molecule has 1 fully saturated rings. The molecule has 6 nitrogen and oxygen atoms in total. The number of hydrogen-bond donors (Lipinski definition) is 1. The minimum atomic E-state index is 0.450. The third-order valence-electron chi connectivity index (χ3n) is 4.57. The summed E-state index contributed by atoms with van der Waals surface area (Å²) in [5, 5.41) is 12.2. The lowest BCUT2D eigenvalue weighted by Gasteiger charge is -2.31. The summed E-state index contributed by atoms with van der Waals surface area (Å²) < 4.78 is 5.67. The van der Waals surface area contributed by atoms with Crippen molar-refractivity contribution in [2.75, 3.05) is 25.0 Å². The summed E-state index contributed by atoms with van der Waals surface area (Å²) in [7, 11) is 0. The van der Waals surface area contributed by atoms with Gasteiger partial charge in [-0.1, -0.05) is 6.07 Å². The summed E-state index contributed by atoms with van der Waals surface area (Å²) in [5.41, 5.74) is 1.43. The smallest absolute Gasteiger partial charge is 0.208 e. The van der Waals surface area contributed by atoms with Gasteiger partial charge in [0.1, 0.15) is 23.3 Å². The standard InChI is InChI=1S/C18H23N5O/c1-13-14(2)24-18(21-13)12-23-8-6-15(7-9-23)11-20-17-5-3-4-16(10-19)22-17/h3-5,15H,6-9,11-12H2,1-2H3,(H,20,22). The summed E-state index contributed by atoms with van der Waals surface area (Å²) in [6, 6.07) is 7.55. The van der Waals surface area contributed by atoms with Crippen molar-refractivity contribution in [3.05, 3.63) is 41.2 Å². The van der Waals surface area contributed by atoms with Gasteiger partial charge >= 0.3 is 0 Å². The Hall–Kier alpha value is -2.39. The molecule has 2 aromatic rings. The molecule has 1 aliphatic heterocycles. The zero-order chi connectivity index (χ0) is 16.9. The quantitative estimate of drug-likeness (QED) is 0.911. The van der Waals surface area contributed by atoms with Crippen molar-refractivity contribution in [3.8, 4) is 6.07 Å². The second kappa shape index (κ2) is 7.45. The number of nitrogens with zero attached hydrogens (tertiary/aromatic N) is 4. The molecule has 126 valence electrons. The zero-order valence-electron chi connectivity index (χ0n) is 14.2. The maximum absolute atomic E-state index is 8.89. The number of hydrogen-bond acceptors (Lipinski definition) is 6. The molecule has 0 unspecified atom stereocenters. The van der Waals surface area contributed by atoms with Crippen LogP contribution in [0.25, 0.3) is 0 Å². The van der Waals surface area contributed by atoms with Crippen LogP contribution in [-0.2, 0) is 6.54 Å². The van der Waals surface area contributed by atoms with E-state index in [0.29, 0.717) is 11.6 Å². The SMILES string of the molecule is Cc1nc(CN2CCC(CNc3cccc(C#N)n3)CC2)oc1C. The predicted octanol–water partition coefficient (Wildman–Crippen LogP) is 2.88. The highest BCUT2D eigenvalue weighted by molar-refractivity contribution is 5.38. The lowest BCUT2D eigenvalue weighted by Crippen LogP contribution is -2.35. The molecule has 0 aliphatic carbocycles. The number of nitriles is 1. The molecule has 2 aromatic heterocycles. The molecule has 0 atom stereocenters. The Labute approximate surface area is 142 Å². The average Bonchev–Trinajstić information content (AvgIpc) is 2.92. The van der Waals surface area contributed by atoms with E-state index in [1.807, 2.05) is 26.0 Å². The Morgan fingerprint density at radius 1 is 1.29 bits per heavy atom. The molecule has 1 aliphatic rings. The van der Waals surface area contributed by atoms with E-state index in [1.54, 1.807) is 6.07 Å². The summed E-state index contributed by atoms with van der Waals surface area (Å²) in [6.07, 6.45) is 2.28. The Kier molecular flexibility index (Phi) is 5.11. The van der Waals surface area contributed by atoms with Gasteiger partial charge in [-0.2, -0.15) is 5.26 Å². The van der Waals surface area contributed by atoms with Crippen LogP contribution >= 0.6 is 0 Å². The van der Waals surface area contributed by atoms with Crippen LogP contribution in [0.1, 0.15) is 35.9 Å². The molecule has 0 bridgehead atoms. The molecule has 0 radical (unpaired) electrons. The van der Waals surface area contributed by atoms with E-state index in [9.17, 15) is 0 Å². The largest absolute Gasteiger partial charge is 0.444 e. The highest BCUT2D eigenvalue weighted by Crippen LogP contribution is 2.20. The number of nitrogens with one attached hydrogen (secondary N) is 1. The number of aromatic nitrogens is 2. The summed E-state index contributed by atoms with van der Waals surface area (Å²) in [6.45, 7) is 7.74. The Morgan fingerprint density at radius 2 is 2.08 bits per heavy atom. The molecular weight excluding hydrogens is 302 g/mol. The third-order valence-corrected chi connectivity index (χ3v) is 4.57. The average molecular weight is 325 g/mol. The summed E-state index contributed by atoms with van der Waals surface area (Å²) in [5.74, 6) is 3.14. The predicted molar refractivity (Wildman–Crippen MR) is 91.4 cm³/mol. The first-order valence-corrected chi connectivity index (χ1v) is 8.40. The van der Waals surface area contributed by atoms with Gasteiger partial charge in [-0.15, -0.1) is 0 Å². The van der Waals surface area contributed by atoms with E-state index >= 15 is 0 Å². The number of rotatable bonds is 5. The second-order valence-electron chi connectivity index (χ2n) is 6.37. The normalized spacial score (nSPS) is 16.0. The van der Waals surface area contributed by atoms with E-state index in [0.717, 1.165) is 62.2 Å². The van der Waals surface area contributed by atoms with E-state index < -0.39 is 0 Å². The van der Waals surface area contributed by atoms with Gasteiger partial charge in [0, 0.05) is 6.54 Å². The number of anilines is 1. The maximum Gasteiger partial charge on any atom is 0.208 e. The van der Waals surface area contributed by atoms with Crippen LogP contribution in [0.5, 0.6) is 0 Å². The lowest BCUT2D eigenvalue weighted by molar-refractivity contribution is 0.167. The number of likely N-dealkylation sites (tertiary alicyclic amines) is 1. The van der Waals surface area contributed by atoms with Gasteiger partial charge in [-0.3, -0.25) is 4.90 Å². The van der Waals surface area contributed by atoms with Gasteiger partial charge in [0.2, 0.25) is 5.89 Å². The van der Waals surface area contributed by atoms with Gasteiger partial charge in [0.25, 0.3) is 0 Å². The van der Waals surface area contributed by atoms with E-state index in [-0.39, 0.29) is 0 Å². The molecular formula is C18H23N5O. The maximum atomic E-state index is 8.89. The van der Waals surface area contributed by atoms with Gasteiger partial charge in [-0.05, 0) is 57.8 Å². The fraction of sp³-hybridized carbons (Fsp3) is 0.500. The number of piperidine rings is 1. The highest BCUT2D eigenvalue weighted by atomic mass is 16.4. The molecule has 0 saturated carbocycles. The van der Waals surface area contributed by atoms with Crippen LogP contribution in [0.2, 0.25) is 0 Å². The van der Waals surface area contributed by atoms with E-state index in [2.05, 4.69) is 26.3 Å². The topological polar surface area (TPSA) is 78.0 Å². The molecule has 0 amide bonds. The summed E-state index contributed by atoms with van der Waals surface area (Å²) >= 11 is 0. The Bertz CT molecular complexity index is 706. The van der Waals surface area contributed by atoms with Crippen molar-refractivity contribution in [1.82, 2.24) is 14.9 Å². The monoisotopic (exact) mass is 325 g/mol. The minimum Gasteiger partial charge on any atom is -0.444 e. The molecule has 3 rings (SSSR count). The third kappa shape index (κ3) is 4.12. The van der Waals surface area contributed by atoms with Crippen LogP contribution in [-0.4, -0.2) is 34.5 Å². The van der Waals surface area contributed by atoms with E-state index in [4.69, 9.17) is 9.68 Å². The summed E-state index contributed by atoms with van der Waals surface area (Å²) in [4.78, 5) is 11.1. The second-order valence-corrected chi connectivity index (χ2v) is 6.37. The molecule has 0 aromatic carbocycles. The van der Waals surface area contributed by atoms with Crippen molar-refractivity contribution >= 4 is 5.82 Å².